The third kappa shape index (κ3) is 0.900. The third-order valence-corrected chi connectivity index (χ3v) is 3.32. The Morgan fingerprint density at radius 3 is 2.50 bits per heavy atom. The van der Waals surface area contributed by atoms with Crippen LogP contribution in [0.3, 0.4) is 0 Å². The average molecular weight is 168 g/mol. The summed E-state index contributed by atoms with van der Waals surface area (Å²) in [7, 11) is 0. The molecule has 0 N–H and O–H groups in total. The zero-order chi connectivity index (χ0) is 8.72. The molecule has 2 bridgehead atoms. The van der Waals surface area contributed by atoms with E-state index in [-0.39, 0.29) is 5.97 Å². The lowest BCUT2D eigenvalue weighted by atomic mass is 9.90. The van der Waals surface area contributed by atoms with Crippen LogP contribution in [0.1, 0.15) is 33.1 Å². The Morgan fingerprint density at radius 1 is 1.25 bits per heavy atom. The molecular weight excluding hydrogens is 152 g/mol. The van der Waals surface area contributed by atoms with Crippen LogP contribution in [0.15, 0.2) is 0 Å². The smallest absolute Gasteiger partial charge is 0.309 e. The molecule has 3 fully saturated rings. The summed E-state index contributed by atoms with van der Waals surface area (Å²) in [5.41, 5.74) is 0. The molecule has 0 aromatic carbocycles. The maximum atomic E-state index is 11.1. The van der Waals surface area contributed by atoms with E-state index >= 15 is 0 Å². The summed E-state index contributed by atoms with van der Waals surface area (Å²) in [5, 5.41) is 0. The van der Waals surface area contributed by atoms with Gasteiger partial charge in [-0.1, -0.05) is 13.8 Å². The van der Waals surface area contributed by atoms with Crippen LogP contribution in [0, 0.1) is 17.8 Å². The van der Waals surface area contributed by atoms with Gasteiger partial charge in [0, 0.05) is 5.92 Å². The molecule has 3 rings (SSSR count). The maximum Gasteiger partial charge on any atom is 0.309 e. The Kier molecular flexibility index (Phi) is 1.85. The molecule has 0 aromatic rings. The Labute approximate surface area is 73.3 Å². The van der Waals surface area contributed by atoms with Crippen LogP contribution in [-0.4, -0.2) is 12.1 Å². The van der Waals surface area contributed by atoms with Crippen molar-refractivity contribution in [2.45, 2.75) is 39.2 Å². The van der Waals surface area contributed by atoms with Gasteiger partial charge in [0.05, 0.1) is 5.92 Å². The third-order valence-electron chi connectivity index (χ3n) is 3.32. The van der Waals surface area contributed by atoms with Gasteiger partial charge in [-0.15, -0.1) is 0 Å². The van der Waals surface area contributed by atoms with E-state index in [0.29, 0.717) is 17.9 Å². The summed E-state index contributed by atoms with van der Waals surface area (Å²) < 4.78 is 5.20. The van der Waals surface area contributed by atoms with E-state index in [1.807, 2.05) is 13.8 Å². The molecule has 2 saturated carbocycles. The van der Waals surface area contributed by atoms with Crippen LogP contribution in [0.2, 0.25) is 0 Å². The van der Waals surface area contributed by atoms with Gasteiger partial charge < -0.3 is 4.74 Å². The van der Waals surface area contributed by atoms with Crippen molar-refractivity contribution in [3.63, 3.8) is 0 Å². The largest absolute Gasteiger partial charge is 0.462 e. The molecule has 0 aromatic heterocycles. The van der Waals surface area contributed by atoms with Crippen LogP contribution in [0.4, 0.5) is 0 Å². The number of rotatable bonds is 0. The summed E-state index contributed by atoms with van der Waals surface area (Å²) in [6.45, 7) is 4.00. The van der Waals surface area contributed by atoms with E-state index in [4.69, 9.17) is 4.74 Å². The van der Waals surface area contributed by atoms with E-state index in [1.54, 1.807) is 0 Å². The minimum absolute atomic E-state index is 0.0926. The fourth-order valence-corrected chi connectivity index (χ4v) is 2.93. The lowest BCUT2D eigenvalue weighted by Crippen LogP contribution is -2.15. The Hall–Kier alpha value is -0.530. The number of ether oxygens (including phenoxy) is 1. The number of hydrogen-bond donors (Lipinski definition) is 0. The second kappa shape index (κ2) is 2.75. The fraction of sp³-hybridized carbons (Fsp3) is 0.900. The molecule has 4 atom stereocenters. The number of carbonyl (C=O) groups excluding carboxylic acids is 1. The van der Waals surface area contributed by atoms with E-state index < -0.39 is 0 Å². The summed E-state index contributed by atoms with van der Waals surface area (Å²) in [6, 6.07) is 0. The first kappa shape index (κ1) is 8.09. The fourth-order valence-electron chi connectivity index (χ4n) is 2.93. The van der Waals surface area contributed by atoms with Gasteiger partial charge in [0.2, 0.25) is 0 Å². The van der Waals surface area contributed by atoms with Crippen LogP contribution in [0.25, 0.3) is 0 Å². The predicted molar refractivity (Wildman–Crippen MR) is 45.5 cm³/mol. The van der Waals surface area contributed by atoms with E-state index in [0.717, 1.165) is 18.8 Å². The summed E-state index contributed by atoms with van der Waals surface area (Å²) in [5.74, 6) is 1.85. The quantitative estimate of drug-likeness (QED) is 0.517. The first-order valence-corrected chi connectivity index (χ1v) is 5.05. The van der Waals surface area contributed by atoms with Crippen molar-refractivity contribution in [2.75, 3.05) is 0 Å². The average Bonchev–Trinajstić information content (AvgIpc) is 2.67. The van der Waals surface area contributed by atoms with E-state index in [9.17, 15) is 4.79 Å². The summed E-state index contributed by atoms with van der Waals surface area (Å²) >= 11 is 0. The van der Waals surface area contributed by atoms with E-state index in [1.165, 1.54) is 6.42 Å². The molecule has 68 valence electrons. The zero-order valence-electron chi connectivity index (χ0n) is 7.75. The molecule has 0 amide bonds. The Balaban J connectivity index is 0.000000264. The predicted octanol–water partition coefficient (Wildman–Crippen LogP) is 1.98. The van der Waals surface area contributed by atoms with Gasteiger partial charge in [0.25, 0.3) is 0 Å². The number of esters is 1. The topological polar surface area (TPSA) is 26.3 Å². The molecule has 0 spiro atoms. The number of carbonyl (C=O) groups is 1. The summed E-state index contributed by atoms with van der Waals surface area (Å²) in [6.07, 6.45) is 3.88. The molecule has 2 nitrogen and oxygen atoms in total. The molecule has 3 aliphatic rings. The molecule has 12 heavy (non-hydrogen) atoms. The van der Waals surface area contributed by atoms with Gasteiger partial charge in [-0.2, -0.15) is 0 Å². The SMILES string of the molecule is CC.O=C1OC2CC3CC1C2C3. The van der Waals surface area contributed by atoms with Crippen molar-refractivity contribution < 1.29 is 9.53 Å². The molecular formula is C10H16O2. The lowest BCUT2D eigenvalue weighted by molar-refractivity contribution is -0.143. The van der Waals surface area contributed by atoms with Crippen molar-refractivity contribution in [2.24, 2.45) is 17.8 Å². The first-order valence-electron chi connectivity index (χ1n) is 5.05. The Bertz CT molecular complexity index is 198. The van der Waals surface area contributed by atoms with Crippen molar-refractivity contribution in [1.29, 1.82) is 0 Å². The highest BCUT2D eigenvalue weighted by atomic mass is 16.6. The normalized spacial score (nSPS) is 47.0. The standard InChI is InChI=1S/C8H10O2.C2H6/c9-8-6-2-4-1-5(6)7(3-4)10-8;1-2/h4-7H,1-3H2;1-2H3. The van der Waals surface area contributed by atoms with Gasteiger partial charge in [-0.25, -0.2) is 0 Å². The van der Waals surface area contributed by atoms with Gasteiger partial charge in [-0.05, 0) is 25.2 Å². The minimum atomic E-state index is 0.0926. The second-order valence-electron chi connectivity index (χ2n) is 3.82. The monoisotopic (exact) mass is 168 g/mol. The van der Waals surface area contributed by atoms with Gasteiger partial charge in [0.15, 0.2) is 0 Å². The minimum Gasteiger partial charge on any atom is -0.462 e. The molecule has 1 aliphatic heterocycles. The van der Waals surface area contributed by atoms with Crippen LogP contribution < -0.4 is 0 Å². The highest BCUT2D eigenvalue weighted by molar-refractivity contribution is 5.76. The molecule has 2 heteroatoms. The van der Waals surface area contributed by atoms with Crippen molar-refractivity contribution in [3.8, 4) is 0 Å². The highest BCUT2D eigenvalue weighted by Gasteiger charge is 2.56. The van der Waals surface area contributed by atoms with Crippen molar-refractivity contribution in [1.82, 2.24) is 0 Å². The second-order valence-corrected chi connectivity index (χ2v) is 3.82. The van der Waals surface area contributed by atoms with Crippen molar-refractivity contribution in [3.05, 3.63) is 0 Å². The van der Waals surface area contributed by atoms with Gasteiger partial charge in [0.1, 0.15) is 6.10 Å². The van der Waals surface area contributed by atoms with Crippen LogP contribution in [-0.2, 0) is 9.53 Å². The number of fused-ring (bicyclic) bond motifs is 1. The molecule has 1 heterocycles. The Morgan fingerprint density at radius 2 is 2.00 bits per heavy atom. The van der Waals surface area contributed by atoms with Crippen LogP contribution >= 0.6 is 0 Å². The molecule has 1 saturated heterocycles. The van der Waals surface area contributed by atoms with Gasteiger partial charge >= 0.3 is 5.97 Å². The van der Waals surface area contributed by atoms with Gasteiger partial charge in [-0.3, -0.25) is 4.79 Å². The first-order chi connectivity index (χ1) is 5.84. The lowest BCUT2D eigenvalue weighted by Gasteiger charge is -2.11. The highest BCUT2D eigenvalue weighted by Crippen LogP contribution is 2.54. The molecule has 2 aliphatic carbocycles. The van der Waals surface area contributed by atoms with E-state index in [2.05, 4.69) is 0 Å². The van der Waals surface area contributed by atoms with Crippen LogP contribution in [0.5, 0.6) is 0 Å². The number of hydrogen-bond acceptors (Lipinski definition) is 2. The summed E-state index contributed by atoms with van der Waals surface area (Å²) in [4.78, 5) is 11.1. The molecule has 0 radical (unpaired) electrons. The maximum absolute atomic E-state index is 11.1. The molecule has 4 unspecified atom stereocenters. The van der Waals surface area contributed by atoms with Crippen molar-refractivity contribution >= 4 is 5.97 Å². The zero-order valence-corrected chi connectivity index (χ0v) is 7.75.